The summed E-state index contributed by atoms with van der Waals surface area (Å²) in [7, 11) is 0. The molecule has 4 N–H and O–H groups in total. The molecule has 9 heteroatoms. The lowest BCUT2D eigenvalue weighted by Gasteiger charge is -2.46. The van der Waals surface area contributed by atoms with Crippen molar-refractivity contribution < 1.29 is 44.3 Å². The molecule has 0 bridgehead atoms. The van der Waals surface area contributed by atoms with Gasteiger partial charge in [0.15, 0.2) is 17.2 Å². The lowest BCUT2D eigenvalue weighted by Crippen LogP contribution is -2.57. The van der Waals surface area contributed by atoms with Crippen molar-refractivity contribution in [2.45, 2.75) is 90.6 Å². The van der Waals surface area contributed by atoms with Crippen molar-refractivity contribution in [3.05, 3.63) is 45.2 Å². The molecule has 0 amide bonds. The molecule has 1 saturated carbocycles. The fourth-order valence-corrected chi connectivity index (χ4v) is 6.44. The van der Waals surface area contributed by atoms with Gasteiger partial charge in [-0.3, -0.25) is 19.2 Å². The molecule has 3 aliphatic rings. The second kappa shape index (κ2) is 11.2. The molecular weight excluding hydrogens is 516 g/mol. The fraction of sp³-hybridized carbons (Fsp3) is 0.548. The van der Waals surface area contributed by atoms with Crippen LogP contribution in [0.3, 0.4) is 0 Å². The van der Waals surface area contributed by atoms with Crippen molar-refractivity contribution in [3.8, 4) is 5.75 Å². The Bertz CT molecular complexity index is 1330. The molecule has 40 heavy (non-hydrogen) atoms. The number of phenolic OH excluding ortho intramolecular Hbond substituents is 1. The first kappa shape index (κ1) is 29.5. The summed E-state index contributed by atoms with van der Waals surface area (Å²) in [5.74, 6) is -6.04. The van der Waals surface area contributed by atoms with E-state index < -0.39 is 57.8 Å². The number of ketones is 3. The average Bonchev–Trinajstić information content (AvgIpc) is 2.87. The molecule has 216 valence electrons. The van der Waals surface area contributed by atoms with Crippen molar-refractivity contribution in [2.75, 3.05) is 6.61 Å². The third kappa shape index (κ3) is 4.85. The number of carbonyl (C=O) groups excluding carboxylic acids is 4. The third-order valence-electron chi connectivity index (χ3n) is 8.51. The highest BCUT2D eigenvalue weighted by Gasteiger charge is 2.60. The highest BCUT2D eigenvalue weighted by Crippen LogP contribution is 2.53. The molecular formula is C31H38O9. The van der Waals surface area contributed by atoms with Gasteiger partial charge in [0.2, 0.25) is 5.78 Å². The summed E-state index contributed by atoms with van der Waals surface area (Å²) in [4.78, 5) is 50.7. The van der Waals surface area contributed by atoms with Crippen LogP contribution in [0.1, 0.15) is 94.4 Å². The van der Waals surface area contributed by atoms with Gasteiger partial charge in [0.1, 0.15) is 22.8 Å². The minimum atomic E-state index is -2.53. The van der Waals surface area contributed by atoms with Gasteiger partial charge in [0.25, 0.3) is 0 Å². The van der Waals surface area contributed by atoms with Crippen LogP contribution in [0.25, 0.3) is 5.76 Å². The van der Waals surface area contributed by atoms with Crippen molar-refractivity contribution in [1.29, 1.82) is 0 Å². The van der Waals surface area contributed by atoms with E-state index in [0.717, 1.165) is 31.7 Å². The molecule has 1 aromatic carbocycles. The maximum absolute atomic E-state index is 13.8. The minimum Gasteiger partial charge on any atom is -0.508 e. The maximum atomic E-state index is 13.8. The summed E-state index contributed by atoms with van der Waals surface area (Å²) in [6.07, 6.45) is 3.03. The number of aromatic hydroxyl groups is 1. The Morgan fingerprint density at radius 1 is 1.12 bits per heavy atom. The van der Waals surface area contributed by atoms with E-state index in [9.17, 15) is 39.6 Å². The predicted molar refractivity (Wildman–Crippen MR) is 146 cm³/mol. The molecule has 0 unspecified atom stereocenters. The number of hydrogen-bond donors (Lipinski definition) is 4. The number of aryl methyl sites for hydroxylation is 1. The quantitative estimate of drug-likeness (QED) is 0.198. The van der Waals surface area contributed by atoms with Gasteiger partial charge in [-0.1, -0.05) is 39.7 Å². The van der Waals surface area contributed by atoms with E-state index in [2.05, 4.69) is 6.92 Å². The molecule has 3 aliphatic carbocycles. The fourth-order valence-electron chi connectivity index (χ4n) is 6.44. The molecule has 3 atom stereocenters. The minimum absolute atomic E-state index is 0.0129. The van der Waals surface area contributed by atoms with E-state index in [0.29, 0.717) is 17.7 Å². The van der Waals surface area contributed by atoms with Crippen LogP contribution in [0.4, 0.5) is 0 Å². The van der Waals surface area contributed by atoms with Crippen LogP contribution >= 0.6 is 0 Å². The maximum Gasteiger partial charge on any atom is 0.306 e. The number of fused-ring (bicyclic) bond motifs is 3. The van der Waals surface area contributed by atoms with Gasteiger partial charge >= 0.3 is 5.97 Å². The van der Waals surface area contributed by atoms with E-state index in [1.54, 1.807) is 0 Å². The Morgan fingerprint density at radius 2 is 1.82 bits per heavy atom. The Kier molecular flexibility index (Phi) is 8.26. The lowest BCUT2D eigenvalue weighted by atomic mass is 9.58. The number of rotatable bonds is 9. The zero-order valence-corrected chi connectivity index (χ0v) is 23.5. The molecule has 0 heterocycles. The van der Waals surface area contributed by atoms with Crippen molar-refractivity contribution in [1.82, 2.24) is 0 Å². The molecule has 1 aromatic rings. The Morgan fingerprint density at radius 3 is 2.45 bits per heavy atom. The second-order valence-electron chi connectivity index (χ2n) is 11.5. The van der Waals surface area contributed by atoms with Crippen LogP contribution < -0.4 is 0 Å². The van der Waals surface area contributed by atoms with E-state index in [-0.39, 0.29) is 54.9 Å². The van der Waals surface area contributed by atoms with E-state index in [1.165, 1.54) is 0 Å². The van der Waals surface area contributed by atoms with E-state index in [1.807, 2.05) is 19.9 Å². The van der Waals surface area contributed by atoms with Gasteiger partial charge in [0, 0.05) is 24.3 Å². The summed E-state index contributed by atoms with van der Waals surface area (Å²) in [6.45, 7) is 7.39. The van der Waals surface area contributed by atoms with Crippen molar-refractivity contribution in [2.24, 2.45) is 11.8 Å². The van der Waals surface area contributed by atoms with Gasteiger partial charge in [0.05, 0.1) is 12.2 Å². The Balaban J connectivity index is 1.75. The van der Waals surface area contributed by atoms with Crippen molar-refractivity contribution in [3.63, 3.8) is 0 Å². The molecule has 0 aliphatic heterocycles. The summed E-state index contributed by atoms with van der Waals surface area (Å²) in [6, 6.07) is 1.82. The van der Waals surface area contributed by atoms with Crippen LogP contribution in [0.15, 0.2) is 23.0 Å². The first-order valence-electron chi connectivity index (χ1n) is 14.1. The standard InChI is InChI=1S/C31H38O9/c1-5-6-7-10-40-23(34)9-8-17-12-20(15(2)3)21-13-18-11-19-14-22(33)24(16(4)32)29(37)31(19,39)30(38)25(18)28(36)26(21)27(17)35/h12,15,18-19,35-37,39H,5-11,13-14H2,1-4H3/t18-,19+,31-/m0/s1. The van der Waals surface area contributed by atoms with E-state index >= 15 is 0 Å². The van der Waals surface area contributed by atoms with Crippen LogP contribution in [-0.4, -0.2) is 56.0 Å². The summed E-state index contributed by atoms with van der Waals surface area (Å²) >= 11 is 0. The van der Waals surface area contributed by atoms with Gasteiger partial charge in [-0.15, -0.1) is 0 Å². The molecule has 0 saturated heterocycles. The number of hydrogen-bond acceptors (Lipinski definition) is 9. The number of esters is 1. The van der Waals surface area contributed by atoms with Gasteiger partial charge in [-0.25, -0.2) is 0 Å². The summed E-state index contributed by atoms with van der Waals surface area (Å²) in [5.41, 5.74) is -1.27. The number of allylic oxidation sites excluding steroid dienone is 1. The first-order valence-corrected chi connectivity index (χ1v) is 14.1. The van der Waals surface area contributed by atoms with Gasteiger partial charge in [-0.05, 0) is 61.1 Å². The predicted octanol–water partition coefficient (Wildman–Crippen LogP) is 4.32. The molecule has 0 spiro atoms. The number of aliphatic hydroxyl groups excluding tert-OH is 2. The molecule has 1 fully saturated rings. The zero-order chi connectivity index (χ0) is 29.5. The third-order valence-corrected chi connectivity index (χ3v) is 8.51. The highest BCUT2D eigenvalue weighted by molar-refractivity contribution is 6.23. The Hall–Kier alpha value is -3.46. The van der Waals surface area contributed by atoms with Crippen LogP contribution in [0, 0.1) is 11.8 Å². The number of carbonyl (C=O) groups is 4. The number of benzene rings is 1. The van der Waals surface area contributed by atoms with Gasteiger partial charge in [-0.2, -0.15) is 0 Å². The normalized spacial score (nSPS) is 24.1. The molecule has 4 rings (SSSR count). The SMILES string of the molecule is CCCCCOC(=O)CCc1cc(C(C)C)c2c(c1O)C(O)=C1C(=O)[C@@]3(O)C(O)=C(C(C)=O)C(=O)C[C@H]3C[C@H]1C2. The molecule has 0 radical (unpaired) electrons. The van der Waals surface area contributed by atoms with Crippen LogP contribution in [0.2, 0.25) is 0 Å². The van der Waals surface area contributed by atoms with E-state index in [4.69, 9.17) is 4.74 Å². The topological polar surface area (TPSA) is 158 Å². The molecule has 0 aromatic heterocycles. The number of Topliss-reactive ketones (excluding diaryl/α,β-unsaturated/α-hetero) is 3. The first-order chi connectivity index (χ1) is 18.8. The largest absolute Gasteiger partial charge is 0.508 e. The molecule has 9 nitrogen and oxygen atoms in total. The van der Waals surface area contributed by atoms with Crippen molar-refractivity contribution >= 4 is 29.1 Å². The highest BCUT2D eigenvalue weighted by atomic mass is 16.5. The smallest absolute Gasteiger partial charge is 0.306 e. The zero-order valence-electron chi connectivity index (χ0n) is 23.5. The number of ether oxygens (including phenoxy) is 1. The van der Waals surface area contributed by atoms with Gasteiger partial charge < -0.3 is 25.2 Å². The average molecular weight is 555 g/mol. The summed E-state index contributed by atoms with van der Waals surface area (Å²) in [5, 5.41) is 45.0. The van der Waals surface area contributed by atoms with Crippen LogP contribution in [-0.2, 0) is 36.8 Å². The Labute approximate surface area is 233 Å². The second-order valence-corrected chi connectivity index (χ2v) is 11.5. The number of aliphatic hydroxyl groups is 3. The monoisotopic (exact) mass is 554 g/mol. The number of phenols is 1. The number of unbranched alkanes of at least 4 members (excludes halogenated alkanes) is 2. The summed E-state index contributed by atoms with van der Waals surface area (Å²) < 4.78 is 5.28. The van der Waals surface area contributed by atoms with Crippen LogP contribution in [0.5, 0.6) is 5.75 Å². The lowest BCUT2D eigenvalue weighted by molar-refractivity contribution is -0.147.